The van der Waals surface area contributed by atoms with E-state index in [0.717, 1.165) is 67.1 Å². The Kier molecular flexibility index (Phi) is 49.3. The second-order valence-electron chi connectivity index (χ2n) is 48.7. The van der Waals surface area contributed by atoms with Crippen LogP contribution in [0.4, 0.5) is 0 Å². The maximum absolute atomic E-state index is 4.07. The molecule has 3 fully saturated rings. The number of aryl methyl sites for hydroxylation is 1. The van der Waals surface area contributed by atoms with Gasteiger partial charge in [0.05, 0.1) is 0 Å². The van der Waals surface area contributed by atoms with Crippen molar-refractivity contribution >= 4 is 10.8 Å². The molecule has 0 radical (unpaired) electrons. The van der Waals surface area contributed by atoms with Gasteiger partial charge in [-0.25, -0.2) is 0 Å². The minimum absolute atomic E-state index is 0.362. The molecule has 3 saturated carbocycles. The minimum Gasteiger partial charge on any atom is -0.264 e. The van der Waals surface area contributed by atoms with Crippen LogP contribution in [0.3, 0.4) is 0 Å². The molecule has 5 atom stereocenters. The molecule has 0 bridgehead atoms. The Labute approximate surface area is 732 Å². The second-order valence-corrected chi connectivity index (χ2v) is 48.7. The summed E-state index contributed by atoms with van der Waals surface area (Å²) in [7, 11) is 0. The van der Waals surface area contributed by atoms with Gasteiger partial charge < -0.3 is 0 Å². The average molecular weight is 1600 g/mol. The molecule has 1 heteroatoms. The van der Waals surface area contributed by atoms with Gasteiger partial charge in [0.2, 0.25) is 0 Å². The molecule has 3 aliphatic carbocycles. The number of pyridine rings is 1. The smallest absolute Gasteiger partial charge is 0.0300 e. The Bertz CT molecular complexity index is 3440. The summed E-state index contributed by atoms with van der Waals surface area (Å²) < 4.78 is 0. The van der Waals surface area contributed by atoms with Crippen molar-refractivity contribution in [2.75, 3.05) is 0 Å². The minimum atomic E-state index is 0.362. The third-order valence-corrected chi connectivity index (χ3v) is 24.9. The highest BCUT2D eigenvalue weighted by atomic mass is 14.6. The third kappa shape index (κ3) is 55.4. The summed E-state index contributed by atoms with van der Waals surface area (Å²) in [5.41, 5.74) is 14.8. The van der Waals surface area contributed by atoms with Crippen molar-refractivity contribution < 1.29 is 0 Å². The third-order valence-electron chi connectivity index (χ3n) is 24.9. The summed E-state index contributed by atoms with van der Waals surface area (Å²) in [5.74, 6) is 7.72. The maximum atomic E-state index is 4.07. The highest BCUT2D eigenvalue weighted by molar-refractivity contribution is 5.83. The predicted octanol–water partition coefficient (Wildman–Crippen LogP) is 37.6. The Balaban J connectivity index is 0.00000127. The second kappa shape index (κ2) is 51.6. The number of hydrogen-bond acceptors (Lipinski definition) is 1. The van der Waals surface area contributed by atoms with E-state index in [2.05, 4.69) is 460 Å². The molecular weight excluding hydrogens is 1410 g/mol. The van der Waals surface area contributed by atoms with E-state index >= 15 is 0 Å². The topological polar surface area (TPSA) is 12.9 Å². The van der Waals surface area contributed by atoms with Crippen LogP contribution in [0, 0.1) is 108 Å². The van der Waals surface area contributed by atoms with E-state index in [1.165, 1.54) is 120 Å². The maximum Gasteiger partial charge on any atom is 0.0300 e. The SMILES string of the molecule is CC(C)(C)C1CC1.CC(C)(C)C1CCC1.CC(C)(C)Cc1ccc2ccccc2c1.CC(C)(C)Cc1ccccc1.CC(C)(C)Cc1cccnc1.CC(C)C(C)C(C)(C)C.CC(C1CCCCC1)C(C)(C)C.CC(c1ccccc1)C(C)(C)C.CC(c1ccccc1)C(C)(C)C.CCC(C)C(C)(C)C.Cc1ccc(CC(C)(C)C)cc1. The first-order valence-electron chi connectivity index (χ1n) is 46.8. The first kappa shape index (κ1) is 112. The molecule has 0 spiro atoms. The number of benzene rings is 6. The molecular formula is C116H195N. The average Bonchev–Trinajstić information content (AvgIpc) is 1.77. The molecule has 0 aliphatic heterocycles. The van der Waals surface area contributed by atoms with Gasteiger partial charge in [0.15, 0.2) is 0 Å². The van der Waals surface area contributed by atoms with Gasteiger partial charge in [0.25, 0.3) is 0 Å². The lowest BCUT2D eigenvalue weighted by molar-refractivity contribution is 0.141. The zero-order valence-corrected chi connectivity index (χ0v) is 85.6. The Morgan fingerprint density at radius 2 is 0.667 bits per heavy atom. The molecule has 7 aromatic rings. The zero-order chi connectivity index (χ0) is 90.4. The van der Waals surface area contributed by atoms with Crippen LogP contribution in [0.1, 0.15) is 405 Å². The fraction of sp³-hybridized carbons (Fsp3) is 0.664. The van der Waals surface area contributed by atoms with Crippen molar-refractivity contribution in [3.8, 4) is 0 Å². The lowest BCUT2D eigenvalue weighted by Crippen LogP contribution is -2.27. The molecule has 0 amide bonds. The van der Waals surface area contributed by atoms with Crippen molar-refractivity contribution in [1.29, 1.82) is 0 Å². The van der Waals surface area contributed by atoms with Crippen LogP contribution in [0.25, 0.3) is 10.8 Å². The standard InChI is InChI=1S/C15H18.C12H18.C12H24.2C12H18.C11H16.C10H15N.C9H20.C8H16.C8H18.C7H14/c1-15(2,3)11-12-8-9-13-6-4-5-7-14(13)10-12;1-10-5-7-11(8-6-10)9-12(2,3)4;3*1-10(12(2,3)4)11-8-6-5-7-9-11;1-11(2,3)9-10-7-5-4-6-8-10;1-10(2,3)7-9-5-4-6-11-8-9;1-7(2)8(3)9(4,5)6;1-8(2,3)7-5-4-6-7;1-6-7(2)8(3,4)5;1-7(2,3)6-4-5-6/h4-10H,11H2,1-3H3;5-8H,9H2,1-4H3;10-11H,5-9H2,1-4H3;2*5-10H,1-4H3;4-8H,9H2,1-3H3;4-6,8H,7H2,1-3H3;7-8H,1-6H3;7H,4-6H2,1-3H3;7H,6H2,1-5H3;6H,4-5H2,1-3H3. The predicted molar refractivity (Wildman–Crippen MR) is 534 cm³/mol. The van der Waals surface area contributed by atoms with Gasteiger partial charge in [-0.15, -0.1) is 0 Å². The van der Waals surface area contributed by atoms with E-state index in [1.54, 1.807) is 0 Å². The molecule has 3 aliphatic rings. The van der Waals surface area contributed by atoms with Gasteiger partial charge in [-0.1, -0.05) is 498 Å². The van der Waals surface area contributed by atoms with Crippen molar-refractivity contribution in [2.45, 2.75) is 399 Å². The van der Waals surface area contributed by atoms with E-state index in [4.69, 9.17) is 0 Å². The molecule has 5 unspecified atom stereocenters. The highest BCUT2D eigenvalue weighted by Crippen LogP contribution is 2.45. The van der Waals surface area contributed by atoms with Crippen LogP contribution >= 0.6 is 0 Å². The summed E-state index contributed by atoms with van der Waals surface area (Å²) in [6.45, 7) is 96.4. The summed E-state index contributed by atoms with van der Waals surface area (Å²) >= 11 is 0. The molecule has 664 valence electrons. The summed E-state index contributed by atoms with van der Waals surface area (Å²) in [6, 6.07) is 60.2. The quantitative estimate of drug-likeness (QED) is 0.140. The molecule has 1 nitrogen and oxygen atoms in total. The molecule has 10 rings (SSSR count). The van der Waals surface area contributed by atoms with Crippen molar-refractivity contribution in [2.24, 2.45) is 101 Å². The molecule has 1 aromatic heterocycles. The van der Waals surface area contributed by atoms with Crippen LogP contribution < -0.4 is 0 Å². The monoisotopic (exact) mass is 1600 g/mol. The van der Waals surface area contributed by atoms with Gasteiger partial charge in [-0.3, -0.25) is 4.98 Å². The van der Waals surface area contributed by atoms with Crippen LogP contribution in [0.15, 0.2) is 182 Å². The fourth-order valence-electron chi connectivity index (χ4n) is 14.3. The van der Waals surface area contributed by atoms with Gasteiger partial charge in [0.1, 0.15) is 0 Å². The van der Waals surface area contributed by atoms with Crippen LogP contribution in [-0.4, -0.2) is 4.98 Å². The molecule has 0 N–H and O–H groups in total. The Morgan fingerprint density at radius 1 is 0.316 bits per heavy atom. The van der Waals surface area contributed by atoms with E-state index in [-0.39, 0.29) is 0 Å². The first-order chi connectivity index (χ1) is 53.3. The zero-order valence-electron chi connectivity index (χ0n) is 85.6. The number of nitrogens with zero attached hydrogens (tertiary/aromatic N) is 1. The van der Waals surface area contributed by atoms with Gasteiger partial charge in [-0.2, -0.15) is 0 Å². The normalized spacial score (nSPS) is 15.6. The van der Waals surface area contributed by atoms with Gasteiger partial charge in [0, 0.05) is 12.4 Å². The van der Waals surface area contributed by atoms with E-state index in [9.17, 15) is 0 Å². The van der Waals surface area contributed by atoms with E-state index in [0.29, 0.717) is 71.4 Å². The van der Waals surface area contributed by atoms with Crippen LogP contribution in [0.2, 0.25) is 0 Å². The van der Waals surface area contributed by atoms with Crippen molar-refractivity contribution in [3.05, 3.63) is 221 Å². The van der Waals surface area contributed by atoms with Crippen molar-refractivity contribution in [1.82, 2.24) is 4.98 Å². The number of hydrogen-bond donors (Lipinski definition) is 0. The van der Waals surface area contributed by atoms with E-state index < -0.39 is 0 Å². The Hall–Kier alpha value is -5.27. The van der Waals surface area contributed by atoms with Gasteiger partial charge in [-0.05, 0) is 221 Å². The molecule has 6 aromatic carbocycles. The number of fused-ring (bicyclic) bond motifs is 1. The van der Waals surface area contributed by atoms with Gasteiger partial charge >= 0.3 is 0 Å². The molecule has 0 saturated heterocycles. The largest absolute Gasteiger partial charge is 0.264 e. The molecule has 117 heavy (non-hydrogen) atoms. The highest BCUT2D eigenvalue weighted by Gasteiger charge is 2.34. The summed E-state index contributed by atoms with van der Waals surface area (Å²) in [5, 5.41) is 2.68. The summed E-state index contributed by atoms with van der Waals surface area (Å²) in [6.07, 6.45) is 24.4. The first-order valence-corrected chi connectivity index (χ1v) is 46.8. The summed E-state index contributed by atoms with van der Waals surface area (Å²) in [4.78, 5) is 4.07. The number of aromatic nitrogens is 1. The number of rotatable bonds is 9. The fourth-order valence-corrected chi connectivity index (χ4v) is 14.3. The lowest BCUT2D eigenvalue weighted by Gasteiger charge is -2.37. The van der Waals surface area contributed by atoms with Crippen molar-refractivity contribution in [3.63, 3.8) is 0 Å². The van der Waals surface area contributed by atoms with Crippen LogP contribution in [-0.2, 0) is 25.7 Å². The van der Waals surface area contributed by atoms with E-state index in [1.807, 2.05) is 18.5 Å². The van der Waals surface area contributed by atoms with Crippen LogP contribution in [0.5, 0.6) is 0 Å². The Morgan fingerprint density at radius 3 is 0.949 bits per heavy atom. The molecule has 1 heterocycles. The lowest BCUT2D eigenvalue weighted by atomic mass is 9.69.